The minimum absolute atomic E-state index is 0.00699. The highest BCUT2D eigenvalue weighted by atomic mass is 79.9. The number of carbonyl (C=O) groups excluding carboxylic acids is 2. The number of amides is 1. The molecule has 1 unspecified atom stereocenters. The van der Waals surface area contributed by atoms with E-state index in [-0.39, 0.29) is 10.5 Å². The Morgan fingerprint density at radius 2 is 2.27 bits per heavy atom. The van der Waals surface area contributed by atoms with Gasteiger partial charge < -0.3 is 5.32 Å². The number of carbonyl (C=O) groups is 2. The SMILES string of the molecule is O=C1NC(CCCBr)SC1=O. The largest absolute Gasteiger partial charge is 0.336 e. The van der Waals surface area contributed by atoms with E-state index in [1.54, 1.807) is 0 Å². The lowest BCUT2D eigenvalue weighted by Crippen LogP contribution is -2.25. The first-order valence-electron chi connectivity index (χ1n) is 3.31. The summed E-state index contributed by atoms with van der Waals surface area (Å²) in [7, 11) is 0. The zero-order chi connectivity index (χ0) is 8.27. The second kappa shape index (κ2) is 4.11. The van der Waals surface area contributed by atoms with E-state index in [0.29, 0.717) is 0 Å². The van der Waals surface area contributed by atoms with Crippen LogP contribution in [-0.2, 0) is 9.59 Å². The van der Waals surface area contributed by atoms with Crippen molar-refractivity contribution in [1.82, 2.24) is 5.32 Å². The molecule has 1 heterocycles. The van der Waals surface area contributed by atoms with Crippen LogP contribution in [0.1, 0.15) is 12.8 Å². The van der Waals surface area contributed by atoms with Crippen molar-refractivity contribution >= 4 is 38.7 Å². The van der Waals surface area contributed by atoms with Gasteiger partial charge in [0.15, 0.2) is 0 Å². The van der Waals surface area contributed by atoms with Gasteiger partial charge >= 0.3 is 0 Å². The Balaban J connectivity index is 2.29. The summed E-state index contributed by atoms with van der Waals surface area (Å²) in [5.41, 5.74) is 0. The Morgan fingerprint density at radius 3 is 2.73 bits per heavy atom. The maximum absolute atomic E-state index is 10.7. The van der Waals surface area contributed by atoms with Gasteiger partial charge in [0.05, 0.1) is 5.37 Å². The molecule has 62 valence electrons. The number of nitrogens with one attached hydrogen (secondary N) is 1. The van der Waals surface area contributed by atoms with Crippen molar-refractivity contribution in [2.75, 3.05) is 5.33 Å². The number of hydrogen-bond acceptors (Lipinski definition) is 3. The molecule has 5 heteroatoms. The van der Waals surface area contributed by atoms with Crippen molar-refractivity contribution in [3.63, 3.8) is 0 Å². The van der Waals surface area contributed by atoms with E-state index in [0.717, 1.165) is 29.9 Å². The van der Waals surface area contributed by atoms with Gasteiger partial charge in [0.25, 0.3) is 11.0 Å². The second-order valence-corrected chi connectivity index (χ2v) is 4.17. The molecule has 1 rings (SSSR count). The molecular formula is C6H8BrNO2S. The molecule has 1 N–H and O–H groups in total. The summed E-state index contributed by atoms with van der Waals surface area (Å²) in [6, 6.07) is 0. The van der Waals surface area contributed by atoms with E-state index in [9.17, 15) is 9.59 Å². The summed E-state index contributed by atoms with van der Waals surface area (Å²) >= 11 is 4.37. The second-order valence-electron chi connectivity index (χ2n) is 2.20. The molecule has 0 aromatic carbocycles. The molecule has 1 aliphatic heterocycles. The van der Waals surface area contributed by atoms with Crippen LogP contribution in [0.2, 0.25) is 0 Å². The highest BCUT2D eigenvalue weighted by Gasteiger charge is 2.29. The van der Waals surface area contributed by atoms with Gasteiger partial charge in [-0.3, -0.25) is 9.59 Å². The van der Waals surface area contributed by atoms with Gasteiger partial charge in [-0.2, -0.15) is 0 Å². The monoisotopic (exact) mass is 237 g/mol. The number of halogens is 1. The Morgan fingerprint density at radius 1 is 1.55 bits per heavy atom. The third kappa shape index (κ3) is 2.48. The lowest BCUT2D eigenvalue weighted by Gasteiger charge is -2.04. The lowest BCUT2D eigenvalue weighted by atomic mass is 10.3. The maximum Gasteiger partial charge on any atom is 0.299 e. The van der Waals surface area contributed by atoms with Crippen molar-refractivity contribution < 1.29 is 9.59 Å². The normalized spacial score (nSPS) is 23.9. The lowest BCUT2D eigenvalue weighted by molar-refractivity contribution is -0.132. The predicted octanol–water partition coefficient (Wildman–Crippen LogP) is 0.877. The molecule has 3 nitrogen and oxygen atoms in total. The molecule has 1 aliphatic rings. The molecule has 1 amide bonds. The number of alkyl halides is 1. The first-order chi connectivity index (χ1) is 5.24. The van der Waals surface area contributed by atoms with Crippen LogP contribution >= 0.6 is 27.7 Å². The average molecular weight is 238 g/mol. The maximum atomic E-state index is 10.7. The van der Waals surface area contributed by atoms with E-state index in [2.05, 4.69) is 21.2 Å². The molecule has 1 fully saturated rings. The molecule has 1 atom stereocenters. The summed E-state index contributed by atoms with van der Waals surface area (Å²) in [4.78, 5) is 21.3. The highest BCUT2D eigenvalue weighted by molar-refractivity contribution is 9.09. The van der Waals surface area contributed by atoms with Gasteiger partial charge in [0.2, 0.25) is 0 Å². The predicted molar refractivity (Wildman–Crippen MR) is 47.6 cm³/mol. The van der Waals surface area contributed by atoms with E-state index < -0.39 is 5.91 Å². The number of rotatable bonds is 3. The quantitative estimate of drug-likeness (QED) is 0.586. The molecular weight excluding hydrogens is 230 g/mol. The van der Waals surface area contributed by atoms with E-state index in [1.807, 2.05) is 0 Å². The molecule has 1 saturated heterocycles. The first-order valence-corrected chi connectivity index (χ1v) is 5.31. The summed E-state index contributed by atoms with van der Waals surface area (Å²) < 4.78 is 0. The molecule has 0 aromatic heterocycles. The summed E-state index contributed by atoms with van der Waals surface area (Å²) in [6.45, 7) is 0. The van der Waals surface area contributed by atoms with Crippen LogP contribution in [0, 0.1) is 0 Å². The highest BCUT2D eigenvalue weighted by Crippen LogP contribution is 2.20. The van der Waals surface area contributed by atoms with Crippen LogP contribution in [0.4, 0.5) is 0 Å². The van der Waals surface area contributed by atoms with Gasteiger partial charge in [-0.1, -0.05) is 27.7 Å². The van der Waals surface area contributed by atoms with Crippen molar-refractivity contribution in [1.29, 1.82) is 0 Å². The van der Waals surface area contributed by atoms with Crippen molar-refractivity contribution in [3.8, 4) is 0 Å². The van der Waals surface area contributed by atoms with E-state index in [4.69, 9.17) is 0 Å². The van der Waals surface area contributed by atoms with Crippen LogP contribution in [0.5, 0.6) is 0 Å². The number of thioether (sulfide) groups is 1. The fraction of sp³-hybridized carbons (Fsp3) is 0.667. The van der Waals surface area contributed by atoms with Crippen LogP contribution in [0.15, 0.2) is 0 Å². The Hall–Kier alpha value is -0.0300. The molecule has 0 saturated carbocycles. The Labute approximate surface area is 77.4 Å². The van der Waals surface area contributed by atoms with Crippen LogP contribution in [0.25, 0.3) is 0 Å². The molecule has 0 aromatic rings. The summed E-state index contributed by atoms with van der Waals surface area (Å²) in [5, 5.41) is 3.15. The fourth-order valence-electron chi connectivity index (χ4n) is 0.811. The van der Waals surface area contributed by atoms with Gasteiger partial charge in [-0.15, -0.1) is 0 Å². The third-order valence-corrected chi connectivity index (χ3v) is 2.92. The van der Waals surface area contributed by atoms with Crippen LogP contribution < -0.4 is 5.32 Å². The van der Waals surface area contributed by atoms with Crippen molar-refractivity contribution in [2.45, 2.75) is 18.2 Å². The fourth-order valence-corrected chi connectivity index (χ4v) is 2.01. The smallest absolute Gasteiger partial charge is 0.299 e. The molecule has 0 bridgehead atoms. The van der Waals surface area contributed by atoms with Gasteiger partial charge in [0.1, 0.15) is 0 Å². The van der Waals surface area contributed by atoms with Gasteiger partial charge in [-0.05, 0) is 12.8 Å². The van der Waals surface area contributed by atoms with Gasteiger partial charge in [-0.25, -0.2) is 0 Å². The standard InChI is InChI=1S/C6H8BrNO2S/c7-3-1-2-4-8-5(9)6(10)11-4/h4H,1-3H2,(H,8,9). The summed E-state index contributed by atoms with van der Waals surface area (Å²) in [5.74, 6) is -0.449. The van der Waals surface area contributed by atoms with E-state index in [1.165, 1.54) is 0 Å². The third-order valence-electron chi connectivity index (χ3n) is 1.33. The minimum Gasteiger partial charge on any atom is -0.336 e. The minimum atomic E-state index is -0.449. The van der Waals surface area contributed by atoms with Crippen LogP contribution in [0.3, 0.4) is 0 Å². The average Bonchev–Trinajstić information content (AvgIpc) is 2.28. The molecule has 11 heavy (non-hydrogen) atoms. The zero-order valence-electron chi connectivity index (χ0n) is 5.80. The van der Waals surface area contributed by atoms with Gasteiger partial charge in [0, 0.05) is 5.33 Å². The van der Waals surface area contributed by atoms with Crippen molar-refractivity contribution in [2.24, 2.45) is 0 Å². The van der Waals surface area contributed by atoms with E-state index >= 15 is 0 Å². The molecule has 0 radical (unpaired) electrons. The van der Waals surface area contributed by atoms with Crippen molar-refractivity contribution in [3.05, 3.63) is 0 Å². The Bertz CT molecular complexity index is 169. The number of hydrogen-bond donors (Lipinski definition) is 1. The molecule has 0 aliphatic carbocycles. The first kappa shape index (κ1) is 9.06. The topological polar surface area (TPSA) is 46.2 Å². The Kier molecular flexibility index (Phi) is 3.39. The molecule has 0 spiro atoms. The van der Waals surface area contributed by atoms with Crippen LogP contribution in [-0.4, -0.2) is 21.7 Å². The summed E-state index contributed by atoms with van der Waals surface area (Å²) in [6.07, 6.45) is 1.83. The zero-order valence-corrected chi connectivity index (χ0v) is 8.20.